The molecule has 1 heterocycles. The first-order valence-electron chi connectivity index (χ1n) is 7.95. The molecule has 0 N–H and O–H groups in total. The van der Waals surface area contributed by atoms with Crippen molar-refractivity contribution in [3.05, 3.63) is 30.1 Å². The Hall–Kier alpha value is -1.82. The van der Waals surface area contributed by atoms with E-state index in [0.29, 0.717) is 28.2 Å². The monoisotopic (exact) mass is 333 g/mol. The predicted octanol–water partition coefficient (Wildman–Crippen LogP) is 4.13. The zero-order valence-electron chi connectivity index (χ0n) is 13.3. The molecule has 0 spiro atoms. The first kappa shape index (κ1) is 16.1. The SMILES string of the molecule is CC(C)CN(C(=O)C1CCC1)c1nnc(-c2cccc(F)c2)s1. The van der Waals surface area contributed by atoms with Gasteiger partial charge in [-0.2, -0.15) is 0 Å². The second-order valence-electron chi connectivity index (χ2n) is 6.37. The molecule has 0 radical (unpaired) electrons. The normalized spacial score (nSPS) is 14.8. The van der Waals surface area contributed by atoms with Gasteiger partial charge in [-0.05, 0) is 30.9 Å². The Morgan fingerprint density at radius 2 is 2.17 bits per heavy atom. The fourth-order valence-corrected chi connectivity index (χ4v) is 3.42. The average molecular weight is 333 g/mol. The van der Waals surface area contributed by atoms with Crippen LogP contribution in [0.4, 0.5) is 9.52 Å². The van der Waals surface area contributed by atoms with Crippen molar-refractivity contribution in [1.82, 2.24) is 10.2 Å². The number of rotatable bonds is 5. The molecule has 2 aromatic rings. The number of halogens is 1. The van der Waals surface area contributed by atoms with Crippen LogP contribution in [-0.4, -0.2) is 22.6 Å². The smallest absolute Gasteiger partial charge is 0.231 e. The Kier molecular flexibility index (Phi) is 4.71. The summed E-state index contributed by atoms with van der Waals surface area (Å²) in [5, 5.41) is 9.58. The maximum absolute atomic E-state index is 13.4. The Labute approximate surface area is 139 Å². The largest absolute Gasteiger partial charge is 0.286 e. The van der Waals surface area contributed by atoms with E-state index < -0.39 is 0 Å². The quantitative estimate of drug-likeness (QED) is 0.826. The Morgan fingerprint density at radius 1 is 1.39 bits per heavy atom. The van der Waals surface area contributed by atoms with Gasteiger partial charge in [0.25, 0.3) is 0 Å². The molecule has 0 bridgehead atoms. The molecule has 3 rings (SSSR count). The summed E-state index contributed by atoms with van der Waals surface area (Å²) in [4.78, 5) is 14.4. The molecule has 1 aromatic heterocycles. The number of carbonyl (C=O) groups is 1. The minimum atomic E-state index is -0.302. The summed E-state index contributed by atoms with van der Waals surface area (Å²) in [6.07, 6.45) is 3.04. The Morgan fingerprint density at radius 3 is 2.78 bits per heavy atom. The van der Waals surface area contributed by atoms with Crippen LogP contribution >= 0.6 is 11.3 Å². The van der Waals surface area contributed by atoms with Gasteiger partial charge in [-0.15, -0.1) is 10.2 Å². The van der Waals surface area contributed by atoms with Gasteiger partial charge in [-0.25, -0.2) is 4.39 Å². The maximum atomic E-state index is 13.4. The number of aromatic nitrogens is 2. The van der Waals surface area contributed by atoms with Crippen molar-refractivity contribution in [2.45, 2.75) is 33.1 Å². The van der Waals surface area contributed by atoms with Crippen molar-refractivity contribution in [2.24, 2.45) is 11.8 Å². The van der Waals surface area contributed by atoms with Crippen LogP contribution in [0.3, 0.4) is 0 Å². The molecule has 1 aliphatic carbocycles. The molecular weight excluding hydrogens is 313 g/mol. The third-order valence-electron chi connectivity index (χ3n) is 3.98. The zero-order chi connectivity index (χ0) is 16.4. The van der Waals surface area contributed by atoms with Crippen molar-refractivity contribution in [2.75, 3.05) is 11.4 Å². The highest BCUT2D eigenvalue weighted by Gasteiger charge is 2.32. The summed E-state index contributed by atoms with van der Waals surface area (Å²) in [5.41, 5.74) is 0.689. The summed E-state index contributed by atoms with van der Waals surface area (Å²) in [6.45, 7) is 4.79. The molecule has 122 valence electrons. The van der Waals surface area contributed by atoms with Gasteiger partial charge in [0.05, 0.1) is 0 Å². The molecule has 1 saturated carbocycles. The maximum Gasteiger partial charge on any atom is 0.231 e. The van der Waals surface area contributed by atoms with E-state index in [1.807, 2.05) is 0 Å². The molecule has 1 aromatic carbocycles. The van der Waals surface area contributed by atoms with Gasteiger partial charge in [-0.3, -0.25) is 9.69 Å². The summed E-state index contributed by atoms with van der Waals surface area (Å²) < 4.78 is 13.4. The van der Waals surface area contributed by atoms with Gasteiger partial charge in [0.2, 0.25) is 11.0 Å². The van der Waals surface area contributed by atoms with Crippen molar-refractivity contribution in [1.29, 1.82) is 0 Å². The van der Waals surface area contributed by atoms with Gasteiger partial charge in [0.1, 0.15) is 10.8 Å². The van der Waals surface area contributed by atoms with E-state index in [1.165, 1.54) is 23.5 Å². The minimum absolute atomic E-state index is 0.121. The molecule has 6 heteroatoms. The van der Waals surface area contributed by atoms with Crippen molar-refractivity contribution in [3.8, 4) is 10.6 Å². The highest BCUT2D eigenvalue weighted by molar-refractivity contribution is 7.18. The summed E-state index contributed by atoms with van der Waals surface area (Å²) in [7, 11) is 0. The van der Waals surface area contributed by atoms with E-state index in [1.54, 1.807) is 17.0 Å². The van der Waals surface area contributed by atoms with Crippen LogP contribution in [-0.2, 0) is 4.79 Å². The second-order valence-corrected chi connectivity index (χ2v) is 7.33. The predicted molar refractivity (Wildman–Crippen MR) is 89.8 cm³/mol. The van der Waals surface area contributed by atoms with E-state index in [-0.39, 0.29) is 17.6 Å². The van der Waals surface area contributed by atoms with E-state index in [2.05, 4.69) is 24.0 Å². The van der Waals surface area contributed by atoms with Gasteiger partial charge in [0.15, 0.2) is 0 Å². The molecule has 1 amide bonds. The van der Waals surface area contributed by atoms with Crippen LogP contribution in [0.5, 0.6) is 0 Å². The van der Waals surface area contributed by atoms with Gasteiger partial charge >= 0.3 is 0 Å². The summed E-state index contributed by atoms with van der Waals surface area (Å²) in [5.74, 6) is 0.312. The van der Waals surface area contributed by atoms with E-state index in [4.69, 9.17) is 0 Å². The van der Waals surface area contributed by atoms with Crippen molar-refractivity contribution in [3.63, 3.8) is 0 Å². The topological polar surface area (TPSA) is 46.1 Å². The fraction of sp³-hybridized carbons (Fsp3) is 0.471. The molecule has 0 aliphatic heterocycles. The van der Waals surface area contributed by atoms with E-state index in [9.17, 15) is 9.18 Å². The summed E-state index contributed by atoms with van der Waals surface area (Å²) >= 11 is 1.34. The molecule has 4 nitrogen and oxygen atoms in total. The first-order valence-corrected chi connectivity index (χ1v) is 8.77. The number of hydrogen-bond acceptors (Lipinski definition) is 4. The van der Waals surface area contributed by atoms with Crippen molar-refractivity contribution >= 4 is 22.4 Å². The van der Waals surface area contributed by atoms with Crippen LogP contribution in [0, 0.1) is 17.7 Å². The lowest BCUT2D eigenvalue weighted by molar-refractivity contribution is -0.124. The van der Waals surface area contributed by atoms with Crippen LogP contribution in [0.1, 0.15) is 33.1 Å². The zero-order valence-corrected chi connectivity index (χ0v) is 14.1. The highest BCUT2D eigenvalue weighted by Crippen LogP contribution is 2.34. The number of hydrogen-bond donors (Lipinski definition) is 0. The first-order chi connectivity index (χ1) is 11.0. The van der Waals surface area contributed by atoms with Gasteiger partial charge < -0.3 is 0 Å². The molecular formula is C17H20FN3OS. The standard InChI is InChI=1S/C17H20FN3OS/c1-11(2)10-21(16(22)12-5-3-6-12)17-20-19-15(23-17)13-7-4-8-14(18)9-13/h4,7-9,11-12H,3,5-6,10H2,1-2H3. The number of anilines is 1. The second kappa shape index (κ2) is 6.74. The third kappa shape index (κ3) is 3.58. The lowest BCUT2D eigenvalue weighted by Gasteiger charge is -2.30. The molecule has 0 saturated heterocycles. The fourth-order valence-electron chi connectivity index (χ4n) is 2.57. The molecule has 1 fully saturated rings. The Balaban J connectivity index is 1.86. The molecule has 0 atom stereocenters. The van der Waals surface area contributed by atoms with Crippen LogP contribution < -0.4 is 4.90 Å². The van der Waals surface area contributed by atoms with Gasteiger partial charge in [0, 0.05) is 18.0 Å². The third-order valence-corrected chi connectivity index (χ3v) is 4.98. The summed E-state index contributed by atoms with van der Waals surface area (Å²) in [6, 6.07) is 6.28. The van der Waals surface area contributed by atoms with Crippen LogP contribution in [0.15, 0.2) is 24.3 Å². The van der Waals surface area contributed by atoms with Crippen LogP contribution in [0.2, 0.25) is 0 Å². The number of amides is 1. The number of benzene rings is 1. The number of nitrogens with zero attached hydrogens (tertiary/aromatic N) is 3. The van der Waals surface area contributed by atoms with Gasteiger partial charge in [-0.1, -0.05) is 43.7 Å². The molecule has 0 unspecified atom stereocenters. The number of carbonyl (C=O) groups excluding carboxylic acids is 1. The van der Waals surface area contributed by atoms with E-state index in [0.717, 1.165) is 19.3 Å². The van der Waals surface area contributed by atoms with Crippen molar-refractivity contribution < 1.29 is 9.18 Å². The molecule has 1 aliphatic rings. The lowest BCUT2D eigenvalue weighted by Crippen LogP contribution is -2.41. The Bertz CT molecular complexity index is 697. The molecule has 23 heavy (non-hydrogen) atoms. The van der Waals surface area contributed by atoms with E-state index >= 15 is 0 Å². The van der Waals surface area contributed by atoms with Crippen LogP contribution in [0.25, 0.3) is 10.6 Å². The lowest BCUT2D eigenvalue weighted by atomic mass is 9.84. The minimum Gasteiger partial charge on any atom is -0.286 e. The highest BCUT2D eigenvalue weighted by atomic mass is 32.1. The average Bonchev–Trinajstić information content (AvgIpc) is 2.92.